The molecule has 26 heavy (non-hydrogen) atoms. The van der Waals surface area contributed by atoms with Crippen LogP contribution in [0.3, 0.4) is 0 Å². The summed E-state index contributed by atoms with van der Waals surface area (Å²) in [6.45, 7) is -0.103. The van der Waals surface area contributed by atoms with Crippen LogP contribution in [-0.2, 0) is 9.84 Å². The minimum absolute atomic E-state index is 0.0173. The second-order valence-electron chi connectivity index (χ2n) is 5.01. The highest BCUT2D eigenvalue weighted by molar-refractivity contribution is 7.92. The number of anilines is 1. The van der Waals surface area contributed by atoms with Crippen LogP contribution in [0.15, 0.2) is 47.6 Å². The third-order valence-electron chi connectivity index (χ3n) is 3.19. The van der Waals surface area contributed by atoms with Gasteiger partial charge in [0.05, 0.1) is 11.3 Å². The molecule has 0 aliphatic carbocycles. The maximum absolute atomic E-state index is 13.2. The molecule has 0 radical (unpaired) electrons. The Hall–Kier alpha value is -2.69. The molecule has 0 unspecified atom stereocenters. The van der Waals surface area contributed by atoms with Crippen molar-refractivity contribution in [3.63, 3.8) is 0 Å². The van der Waals surface area contributed by atoms with E-state index in [1.807, 2.05) is 0 Å². The van der Waals surface area contributed by atoms with E-state index in [1.165, 1.54) is 18.5 Å². The Morgan fingerprint density at radius 3 is 2.50 bits per heavy atom. The van der Waals surface area contributed by atoms with Gasteiger partial charge in [-0.1, -0.05) is 0 Å². The number of pyridine rings is 1. The van der Waals surface area contributed by atoms with Gasteiger partial charge in [-0.3, -0.25) is 9.78 Å². The molecule has 0 bridgehead atoms. The molecule has 1 amide bonds. The molecular formula is C15H13F4N3O3S. The summed E-state index contributed by atoms with van der Waals surface area (Å²) in [7, 11) is -5.72. The number of nitrogens with zero attached hydrogens (tertiary/aromatic N) is 1. The van der Waals surface area contributed by atoms with E-state index in [1.54, 1.807) is 6.07 Å². The fraction of sp³-hybridized carbons (Fsp3) is 0.200. The summed E-state index contributed by atoms with van der Waals surface area (Å²) < 4.78 is 74.4. The predicted octanol–water partition coefficient (Wildman–Crippen LogP) is 2.36. The van der Waals surface area contributed by atoms with E-state index in [0.29, 0.717) is 6.07 Å². The largest absolute Gasteiger partial charge is 0.501 e. The van der Waals surface area contributed by atoms with E-state index in [2.05, 4.69) is 15.6 Å². The zero-order valence-corrected chi connectivity index (χ0v) is 13.9. The Labute approximate surface area is 146 Å². The molecule has 0 atom stereocenters. The summed E-state index contributed by atoms with van der Waals surface area (Å²) in [5, 5.41) is 4.93. The van der Waals surface area contributed by atoms with Crippen LogP contribution in [0.5, 0.6) is 0 Å². The van der Waals surface area contributed by atoms with E-state index in [9.17, 15) is 30.8 Å². The van der Waals surface area contributed by atoms with Gasteiger partial charge in [-0.15, -0.1) is 0 Å². The van der Waals surface area contributed by atoms with Crippen LogP contribution >= 0.6 is 0 Å². The third kappa shape index (κ3) is 4.48. The predicted molar refractivity (Wildman–Crippen MR) is 84.7 cm³/mol. The van der Waals surface area contributed by atoms with Crippen molar-refractivity contribution in [2.75, 3.05) is 18.4 Å². The van der Waals surface area contributed by atoms with Gasteiger partial charge in [-0.2, -0.15) is 13.2 Å². The second kappa shape index (κ2) is 7.68. The summed E-state index contributed by atoms with van der Waals surface area (Å²) in [6, 6.07) is 5.08. The molecule has 1 aromatic heterocycles. The van der Waals surface area contributed by atoms with Crippen molar-refractivity contribution in [2.45, 2.75) is 10.4 Å². The molecule has 2 aromatic rings. The van der Waals surface area contributed by atoms with Crippen LogP contribution < -0.4 is 10.6 Å². The number of rotatable bonds is 6. The third-order valence-corrected chi connectivity index (χ3v) is 4.71. The highest BCUT2D eigenvalue weighted by atomic mass is 32.2. The number of amides is 1. The van der Waals surface area contributed by atoms with Crippen LogP contribution in [0.2, 0.25) is 0 Å². The van der Waals surface area contributed by atoms with Crippen molar-refractivity contribution < 1.29 is 30.8 Å². The minimum Gasteiger partial charge on any atom is -0.382 e. The first-order valence-electron chi connectivity index (χ1n) is 7.16. The number of carbonyl (C=O) groups is 1. The Morgan fingerprint density at radius 1 is 1.15 bits per heavy atom. The summed E-state index contributed by atoms with van der Waals surface area (Å²) in [4.78, 5) is 14.3. The Bertz CT molecular complexity index is 887. The van der Waals surface area contributed by atoms with E-state index in [4.69, 9.17) is 0 Å². The summed E-state index contributed by atoms with van der Waals surface area (Å²) in [6.07, 6.45) is 2.81. The first-order chi connectivity index (χ1) is 12.1. The van der Waals surface area contributed by atoms with Crippen molar-refractivity contribution in [1.29, 1.82) is 0 Å². The molecule has 0 aliphatic rings. The standard InChI is InChI=1S/C15H13F4N3O3S/c16-11-3-4-12(13(8-11)26(24,25)15(17,18)19)21-6-7-22-14(23)10-2-1-5-20-9-10/h1-5,8-9,21H,6-7H2,(H,22,23). The smallest absolute Gasteiger partial charge is 0.382 e. The van der Waals surface area contributed by atoms with Crippen molar-refractivity contribution in [1.82, 2.24) is 10.3 Å². The number of alkyl halides is 3. The summed E-state index contributed by atoms with van der Waals surface area (Å²) >= 11 is 0. The topological polar surface area (TPSA) is 88.2 Å². The van der Waals surface area contributed by atoms with Gasteiger partial charge < -0.3 is 10.6 Å². The maximum Gasteiger partial charge on any atom is 0.501 e. The van der Waals surface area contributed by atoms with Crippen LogP contribution in [-0.4, -0.2) is 37.9 Å². The van der Waals surface area contributed by atoms with E-state index in [-0.39, 0.29) is 18.7 Å². The Morgan fingerprint density at radius 2 is 1.88 bits per heavy atom. The Kier molecular flexibility index (Phi) is 5.80. The van der Waals surface area contributed by atoms with E-state index < -0.39 is 37.7 Å². The lowest BCUT2D eigenvalue weighted by atomic mass is 10.2. The van der Waals surface area contributed by atoms with Gasteiger partial charge in [0.25, 0.3) is 15.7 Å². The maximum atomic E-state index is 13.2. The monoisotopic (exact) mass is 391 g/mol. The number of hydrogen-bond acceptors (Lipinski definition) is 5. The minimum atomic E-state index is -5.72. The van der Waals surface area contributed by atoms with Crippen LogP contribution in [0.25, 0.3) is 0 Å². The van der Waals surface area contributed by atoms with Crippen LogP contribution in [0.1, 0.15) is 10.4 Å². The molecule has 1 aromatic carbocycles. The Balaban J connectivity index is 2.06. The van der Waals surface area contributed by atoms with Crippen molar-refractivity contribution in [2.24, 2.45) is 0 Å². The first kappa shape index (κ1) is 19.6. The molecule has 0 fully saturated rings. The second-order valence-corrected chi connectivity index (χ2v) is 6.92. The van der Waals surface area contributed by atoms with Gasteiger partial charge in [0.1, 0.15) is 10.7 Å². The van der Waals surface area contributed by atoms with Crippen molar-refractivity contribution >= 4 is 21.4 Å². The highest BCUT2D eigenvalue weighted by Crippen LogP contribution is 2.34. The lowest BCUT2D eigenvalue weighted by molar-refractivity contribution is -0.0435. The van der Waals surface area contributed by atoms with Gasteiger partial charge in [0, 0.05) is 25.5 Å². The molecule has 2 N–H and O–H groups in total. The number of halogens is 4. The van der Waals surface area contributed by atoms with Gasteiger partial charge in [0.2, 0.25) is 0 Å². The zero-order chi connectivity index (χ0) is 19.4. The average Bonchev–Trinajstić information content (AvgIpc) is 2.59. The average molecular weight is 391 g/mol. The highest BCUT2D eigenvalue weighted by Gasteiger charge is 2.48. The number of benzene rings is 1. The number of aromatic nitrogens is 1. The van der Waals surface area contributed by atoms with E-state index in [0.717, 1.165) is 12.1 Å². The molecule has 0 saturated carbocycles. The SMILES string of the molecule is O=C(NCCNc1ccc(F)cc1S(=O)(=O)C(F)(F)F)c1cccnc1. The molecule has 11 heteroatoms. The number of sulfone groups is 1. The van der Waals surface area contributed by atoms with Crippen molar-refractivity contribution in [3.05, 3.63) is 54.1 Å². The lowest BCUT2D eigenvalue weighted by Gasteiger charge is -2.14. The quantitative estimate of drug-likeness (QED) is 0.583. The fourth-order valence-corrected chi connectivity index (χ4v) is 2.91. The number of nitrogens with one attached hydrogen (secondary N) is 2. The molecule has 1 heterocycles. The molecule has 140 valence electrons. The fourth-order valence-electron chi connectivity index (χ4n) is 1.96. The van der Waals surface area contributed by atoms with Gasteiger partial charge >= 0.3 is 5.51 Å². The molecule has 0 spiro atoms. The molecule has 6 nitrogen and oxygen atoms in total. The molecular weight excluding hydrogens is 378 g/mol. The summed E-state index contributed by atoms with van der Waals surface area (Å²) in [5.41, 5.74) is -5.69. The number of hydrogen-bond donors (Lipinski definition) is 2. The van der Waals surface area contributed by atoms with Crippen molar-refractivity contribution in [3.8, 4) is 0 Å². The molecule has 0 aliphatic heterocycles. The van der Waals surface area contributed by atoms with Gasteiger partial charge in [0.15, 0.2) is 0 Å². The van der Waals surface area contributed by atoms with Crippen LogP contribution in [0, 0.1) is 5.82 Å². The van der Waals surface area contributed by atoms with Crippen LogP contribution in [0.4, 0.5) is 23.2 Å². The molecule has 2 rings (SSSR count). The van der Waals surface area contributed by atoms with Gasteiger partial charge in [-0.25, -0.2) is 12.8 Å². The van der Waals surface area contributed by atoms with Gasteiger partial charge in [-0.05, 0) is 30.3 Å². The molecule has 0 saturated heterocycles. The zero-order valence-electron chi connectivity index (χ0n) is 13.0. The summed E-state index contributed by atoms with van der Waals surface area (Å²) in [5.74, 6) is -1.58. The number of carbonyl (C=O) groups excluding carboxylic acids is 1. The first-order valence-corrected chi connectivity index (χ1v) is 8.64. The lowest BCUT2D eigenvalue weighted by Crippen LogP contribution is -2.29. The van der Waals surface area contributed by atoms with E-state index >= 15 is 0 Å². The normalized spacial score (nSPS) is 11.8.